The van der Waals surface area contributed by atoms with Crippen LogP contribution in [-0.4, -0.2) is 40.4 Å². The Labute approximate surface area is 139 Å². The summed E-state index contributed by atoms with van der Waals surface area (Å²) in [7, 11) is 0. The molecule has 132 valence electrons. The fourth-order valence-corrected chi connectivity index (χ4v) is 2.33. The first-order chi connectivity index (χ1) is 11.9. The van der Waals surface area contributed by atoms with Crippen LogP contribution in [0.4, 0.5) is 11.6 Å². The molecule has 0 spiro atoms. The molecule has 0 radical (unpaired) electrons. The van der Waals surface area contributed by atoms with Crippen molar-refractivity contribution in [2.45, 2.75) is 45.4 Å². The molecule has 2 aromatic heterocycles. The standard InChI is InChI=1S/C14H22N6O4/c1-2-3-8-20-12-14(19-24-17-12)22-10-7-5-4-6-9-21-13-11(15-20)16-23-18-13/h2-10H2,1H3,(H,15,16). The third-order valence-electron chi connectivity index (χ3n) is 3.65. The number of nitrogens with zero attached hydrogens (tertiary/aromatic N) is 5. The van der Waals surface area contributed by atoms with Crippen molar-refractivity contribution in [1.29, 1.82) is 0 Å². The number of unbranched alkanes of at least 4 members (excludes halogenated alkanes) is 1. The molecule has 3 heterocycles. The first kappa shape index (κ1) is 16.3. The normalized spacial score (nSPS) is 16.1. The van der Waals surface area contributed by atoms with Crippen LogP contribution in [0.15, 0.2) is 9.26 Å². The Morgan fingerprint density at radius 1 is 0.917 bits per heavy atom. The number of aromatic nitrogens is 4. The molecule has 0 amide bonds. The smallest absolute Gasteiger partial charge is 0.302 e. The van der Waals surface area contributed by atoms with Gasteiger partial charge in [-0.1, -0.05) is 13.3 Å². The minimum Gasteiger partial charge on any atom is -0.473 e. The predicted molar refractivity (Wildman–Crippen MR) is 83.9 cm³/mol. The van der Waals surface area contributed by atoms with Gasteiger partial charge in [0, 0.05) is 6.54 Å². The zero-order valence-corrected chi connectivity index (χ0v) is 13.7. The van der Waals surface area contributed by atoms with Gasteiger partial charge in [0.1, 0.15) is 0 Å². The van der Waals surface area contributed by atoms with E-state index in [1.807, 2.05) is 0 Å². The van der Waals surface area contributed by atoms with Crippen molar-refractivity contribution in [3.05, 3.63) is 0 Å². The van der Waals surface area contributed by atoms with E-state index >= 15 is 0 Å². The molecule has 0 saturated heterocycles. The van der Waals surface area contributed by atoms with E-state index in [0.717, 1.165) is 38.5 Å². The van der Waals surface area contributed by atoms with Crippen LogP contribution in [0.5, 0.6) is 11.8 Å². The number of hydrogen-bond donors (Lipinski definition) is 1. The second-order valence-corrected chi connectivity index (χ2v) is 5.54. The second kappa shape index (κ2) is 8.37. The molecule has 0 fully saturated rings. The molecule has 1 aliphatic heterocycles. The third kappa shape index (κ3) is 4.06. The number of hydrogen-bond acceptors (Lipinski definition) is 10. The third-order valence-corrected chi connectivity index (χ3v) is 3.65. The van der Waals surface area contributed by atoms with Gasteiger partial charge in [-0.05, 0) is 52.7 Å². The topological polar surface area (TPSA) is 112 Å². The minimum absolute atomic E-state index is 0.326. The van der Waals surface area contributed by atoms with Gasteiger partial charge < -0.3 is 9.47 Å². The van der Waals surface area contributed by atoms with Crippen LogP contribution < -0.4 is 19.9 Å². The van der Waals surface area contributed by atoms with Crippen molar-refractivity contribution < 1.29 is 18.7 Å². The van der Waals surface area contributed by atoms with Gasteiger partial charge in [0.2, 0.25) is 0 Å². The molecule has 10 nitrogen and oxygen atoms in total. The van der Waals surface area contributed by atoms with Crippen LogP contribution >= 0.6 is 0 Å². The Hall–Kier alpha value is -2.52. The first-order valence-corrected chi connectivity index (χ1v) is 8.33. The van der Waals surface area contributed by atoms with E-state index in [4.69, 9.17) is 18.7 Å². The SMILES string of the molecule is CCCCN1Nc2nonc2OCCCCCCOc2nonc21. The van der Waals surface area contributed by atoms with Crippen LogP contribution in [0.3, 0.4) is 0 Å². The van der Waals surface area contributed by atoms with Crippen molar-refractivity contribution in [2.24, 2.45) is 0 Å². The molecule has 1 aliphatic rings. The highest BCUT2D eigenvalue weighted by Crippen LogP contribution is 2.27. The molecule has 0 bridgehead atoms. The zero-order valence-electron chi connectivity index (χ0n) is 13.7. The number of anilines is 2. The lowest BCUT2D eigenvalue weighted by Crippen LogP contribution is -2.32. The highest BCUT2D eigenvalue weighted by Gasteiger charge is 2.22. The summed E-state index contributed by atoms with van der Waals surface area (Å²) in [6.45, 7) is 3.90. The van der Waals surface area contributed by atoms with E-state index in [1.165, 1.54) is 0 Å². The lowest BCUT2D eigenvalue weighted by Gasteiger charge is -2.22. The summed E-state index contributed by atoms with van der Waals surface area (Å²) in [4.78, 5) is 0. The maximum atomic E-state index is 5.71. The molecular formula is C14H22N6O4. The van der Waals surface area contributed by atoms with Gasteiger partial charge >= 0.3 is 11.8 Å². The van der Waals surface area contributed by atoms with Crippen LogP contribution in [0.1, 0.15) is 45.4 Å². The maximum Gasteiger partial charge on any atom is 0.302 e. The summed E-state index contributed by atoms with van der Waals surface area (Å²) in [5.74, 6) is 1.54. The van der Waals surface area contributed by atoms with Gasteiger partial charge in [-0.15, -0.1) is 0 Å². The minimum atomic E-state index is 0.326. The number of nitrogens with one attached hydrogen (secondary N) is 1. The van der Waals surface area contributed by atoms with Gasteiger partial charge in [-0.2, -0.15) is 0 Å². The number of rotatable bonds is 3. The molecular weight excluding hydrogens is 316 g/mol. The fraction of sp³-hybridized carbons (Fsp3) is 0.714. The van der Waals surface area contributed by atoms with Gasteiger partial charge in [0.15, 0.2) is 0 Å². The number of hydrazine groups is 1. The molecule has 0 unspecified atom stereocenters. The molecule has 0 atom stereocenters. The summed E-state index contributed by atoms with van der Waals surface area (Å²) < 4.78 is 21.0. The van der Waals surface area contributed by atoms with Gasteiger partial charge in [0.05, 0.1) is 13.2 Å². The Kier molecular flexibility index (Phi) is 5.70. The molecule has 3 rings (SSSR count). The average Bonchev–Trinajstić information content (AvgIpc) is 3.22. The molecule has 0 aliphatic carbocycles. The van der Waals surface area contributed by atoms with E-state index in [2.05, 4.69) is 33.0 Å². The van der Waals surface area contributed by atoms with Crippen LogP contribution in [0.25, 0.3) is 0 Å². The molecule has 24 heavy (non-hydrogen) atoms. The Morgan fingerprint density at radius 3 is 2.42 bits per heavy atom. The first-order valence-electron chi connectivity index (χ1n) is 8.33. The molecule has 1 N–H and O–H groups in total. The van der Waals surface area contributed by atoms with E-state index in [0.29, 0.717) is 43.2 Å². The van der Waals surface area contributed by atoms with Crippen molar-refractivity contribution >= 4 is 11.6 Å². The van der Waals surface area contributed by atoms with E-state index in [9.17, 15) is 0 Å². The predicted octanol–water partition coefficient (Wildman–Crippen LogP) is 2.42. The lowest BCUT2D eigenvalue weighted by molar-refractivity contribution is 0.242. The molecule has 0 aromatic carbocycles. The largest absolute Gasteiger partial charge is 0.473 e. The van der Waals surface area contributed by atoms with Crippen LogP contribution in [0, 0.1) is 0 Å². The monoisotopic (exact) mass is 338 g/mol. The van der Waals surface area contributed by atoms with E-state index in [1.54, 1.807) is 5.01 Å². The van der Waals surface area contributed by atoms with Crippen molar-refractivity contribution in [1.82, 2.24) is 20.6 Å². The van der Waals surface area contributed by atoms with E-state index < -0.39 is 0 Å². The summed E-state index contributed by atoms with van der Waals surface area (Å²) in [6, 6.07) is 0. The number of ether oxygens (including phenoxy) is 2. The zero-order chi connectivity index (χ0) is 16.6. The summed E-state index contributed by atoms with van der Waals surface area (Å²) in [6.07, 6.45) is 5.91. The quantitative estimate of drug-likeness (QED) is 0.895. The van der Waals surface area contributed by atoms with Crippen molar-refractivity contribution in [2.75, 3.05) is 30.2 Å². The molecule has 10 heteroatoms. The highest BCUT2D eigenvalue weighted by molar-refractivity contribution is 5.55. The Morgan fingerprint density at radius 2 is 1.62 bits per heavy atom. The molecule has 2 aromatic rings. The molecule has 0 saturated carbocycles. The lowest BCUT2D eigenvalue weighted by atomic mass is 10.2. The highest BCUT2D eigenvalue weighted by atomic mass is 16.6. The van der Waals surface area contributed by atoms with Gasteiger partial charge in [0.25, 0.3) is 11.6 Å². The maximum absolute atomic E-state index is 5.71. The van der Waals surface area contributed by atoms with Crippen molar-refractivity contribution in [3.63, 3.8) is 0 Å². The van der Waals surface area contributed by atoms with Gasteiger partial charge in [-0.3, -0.25) is 10.4 Å². The Bertz CT molecular complexity index is 616. The average molecular weight is 338 g/mol. The summed E-state index contributed by atoms with van der Waals surface area (Å²) in [5.41, 5.74) is 3.11. The number of fused-ring (bicyclic) bond motifs is 2. The Balaban J connectivity index is 1.83. The van der Waals surface area contributed by atoms with Crippen molar-refractivity contribution in [3.8, 4) is 11.8 Å². The fourth-order valence-electron chi connectivity index (χ4n) is 2.33. The second-order valence-electron chi connectivity index (χ2n) is 5.54. The van der Waals surface area contributed by atoms with Crippen LogP contribution in [0.2, 0.25) is 0 Å². The van der Waals surface area contributed by atoms with Crippen LogP contribution in [-0.2, 0) is 0 Å². The summed E-state index contributed by atoms with van der Waals surface area (Å²) in [5, 5.41) is 17.2. The summed E-state index contributed by atoms with van der Waals surface area (Å²) >= 11 is 0. The van der Waals surface area contributed by atoms with E-state index in [-0.39, 0.29) is 0 Å². The van der Waals surface area contributed by atoms with Gasteiger partial charge in [-0.25, -0.2) is 9.26 Å².